The van der Waals surface area contributed by atoms with Gasteiger partial charge in [0.05, 0.1) is 7.11 Å². The van der Waals surface area contributed by atoms with Crippen molar-refractivity contribution in [3.8, 4) is 0 Å². The average Bonchev–Trinajstić information content (AvgIpc) is 2.49. The molecule has 0 amide bonds. The molecule has 0 aliphatic heterocycles. The van der Waals surface area contributed by atoms with Crippen molar-refractivity contribution in [3.63, 3.8) is 0 Å². The molecule has 0 bridgehead atoms. The van der Waals surface area contributed by atoms with Crippen LogP contribution in [0.25, 0.3) is 0 Å². The van der Waals surface area contributed by atoms with Crippen LogP contribution in [0.2, 0.25) is 0 Å². The summed E-state index contributed by atoms with van der Waals surface area (Å²) in [6.07, 6.45) is -11.9. The lowest BCUT2D eigenvalue weighted by atomic mass is 10.0. The SMILES string of the molecule is COC(=O)[C@@H](OP(=O)(O)O)[C@H](OP(=O)(O)O)[C@H](OP(=O)(O)O)[C@@H](OP(=O)(O)O)C(C)=O. The molecule has 0 saturated heterocycles. The van der Waals surface area contributed by atoms with Gasteiger partial charge in [0, 0.05) is 0 Å². The zero-order valence-corrected chi connectivity index (χ0v) is 18.7. The predicted octanol–water partition coefficient (Wildman–Crippen LogP) is -2.34. The molecule has 0 aromatic rings. The number of hydrogen-bond acceptors (Lipinski definition) is 11. The number of methoxy groups -OCH3 is 1. The Labute approximate surface area is 172 Å². The molecule has 0 aromatic carbocycles. The highest BCUT2D eigenvalue weighted by Crippen LogP contribution is 2.49. The fraction of sp³-hybridized carbons (Fsp3) is 0.750. The molecule has 0 unspecified atom stereocenters. The van der Waals surface area contributed by atoms with Gasteiger partial charge in [0.25, 0.3) is 0 Å². The Morgan fingerprint density at radius 3 is 1.16 bits per heavy atom. The van der Waals surface area contributed by atoms with Crippen LogP contribution in [0, 0.1) is 0 Å². The molecule has 0 aliphatic carbocycles. The zero-order valence-electron chi connectivity index (χ0n) is 15.2. The van der Waals surface area contributed by atoms with Gasteiger partial charge >= 0.3 is 37.3 Å². The van der Waals surface area contributed by atoms with Gasteiger partial charge in [0.1, 0.15) is 12.2 Å². The second kappa shape index (κ2) is 11.1. The highest BCUT2D eigenvalue weighted by atomic mass is 31.2. The molecule has 0 saturated carbocycles. The Morgan fingerprint density at radius 2 is 0.903 bits per heavy atom. The first-order valence-corrected chi connectivity index (χ1v) is 13.2. The molecule has 4 atom stereocenters. The molecular formula is C8H18O19P4. The van der Waals surface area contributed by atoms with E-state index in [-0.39, 0.29) is 0 Å². The molecule has 19 nitrogen and oxygen atoms in total. The summed E-state index contributed by atoms with van der Waals surface area (Å²) in [4.78, 5) is 95.6. The lowest BCUT2D eigenvalue weighted by Crippen LogP contribution is -2.53. The van der Waals surface area contributed by atoms with Gasteiger partial charge < -0.3 is 43.9 Å². The normalized spacial score (nSPS) is 17.5. The highest BCUT2D eigenvalue weighted by Gasteiger charge is 2.52. The monoisotopic (exact) mass is 542 g/mol. The van der Waals surface area contributed by atoms with Crippen LogP contribution in [0.3, 0.4) is 0 Å². The number of rotatable bonds is 13. The van der Waals surface area contributed by atoms with Gasteiger partial charge in [-0.3, -0.25) is 22.9 Å². The minimum atomic E-state index is -5.87. The number of ketones is 1. The van der Waals surface area contributed by atoms with Crippen molar-refractivity contribution in [2.24, 2.45) is 0 Å². The number of phosphoric acid groups is 4. The van der Waals surface area contributed by atoms with Crippen molar-refractivity contribution in [3.05, 3.63) is 0 Å². The van der Waals surface area contributed by atoms with Gasteiger partial charge in [-0.1, -0.05) is 0 Å². The zero-order chi connectivity index (χ0) is 25.0. The first-order chi connectivity index (χ1) is 13.6. The van der Waals surface area contributed by atoms with E-state index in [9.17, 15) is 27.8 Å². The van der Waals surface area contributed by atoms with Gasteiger partial charge in [-0.05, 0) is 6.92 Å². The van der Waals surface area contributed by atoms with Gasteiger partial charge in [0.2, 0.25) is 0 Å². The van der Waals surface area contributed by atoms with Crippen LogP contribution >= 0.6 is 31.3 Å². The van der Waals surface area contributed by atoms with Gasteiger partial charge in [-0.2, -0.15) is 0 Å². The molecule has 0 heterocycles. The molecule has 0 aromatic heterocycles. The van der Waals surface area contributed by atoms with Crippen molar-refractivity contribution in [1.82, 2.24) is 0 Å². The molecule has 0 radical (unpaired) electrons. The van der Waals surface area contributed by atoms with E-state index in [1.54, 1.807) is 0 Å². The molecule has 184 valence electrons. The van der Waals surface area contributed by atoms with Crippen LogP contribution < -0.4 is 0 Å². The highest BCUT2D eigenvalue weighted by molar-refractivity contribution is 7.47. The van der Waals surface area contributed by atoms with E-state index in [0.717, 1.165) is 0 Å². The topological polar surface area (TPSA) is 310 Å². The molecule has 0 fully saturated rings. The first kappa shape index (κ1) is 30.6. The van der Waals surface area contributed by atoms with Crippen molar-refractivity contribution in [2.45, 2.75) is 31.3 Å². The molecular weight excluding hydrogens is 524 g/mol. The third kappa shape index (κ3) is 13.0. The Kier molecular flexibility index (Phi) is 11.0. The summed E-state index contributed by atoms with van der Waals surface area (Å²) in [5.41, 5.74) is 0. The molecule has 0 aliphatic rings. The van der Waals surface area contributed by atoms with E-state index < -0.39 is 67.5 Å². The third-order valence-corrected chi connectivity index (χ3v) is 4.81. The van der Waals surface area contributed by atoms with Gasteiger partial charge in [0.15, 0.2) is 18.0 Å². The molecule has 8 N–H and O–H groups in total. The van der Waals surface area contributed by atoms with E-state index in [0.29, 0.717) is 14.0 Å². The van der Waals surface area contributed by atoms with Gasteiger partial charge in [-0.15, -0.1) is 0 Å². The summed E-state index contributed by atoms with van der Waals surface area (Å²) in [5.74, 6) is -3.40. The summed E-state index contributed by atoms with van der Waals surface area (Å²) in [5, 5.41) is 0. The fourth-order valence-corrected chi connectivity index (χ4v) is 4.07. The van der Waals surface area contributed by atoms with E-state index in [4.69, 9.17) is 39.1 Å². The quantitative estimate of drug-likeness (QED) is 0.0892. The Balaban J connectivity index is 6.87. The van der Waals surface area contributed by atoms with E-state index in [1.807, 2.05) is 0 Å². The van der Waals surface area contributed by atoms with Crippen LogP contribution in [-0.4, -0.2) is 82.4 Å². The number of hydrogen-bond donors (Lipinski definition) is 8. The summed E-state index contributed by atoms with van der Waals surface area (Å²) >= 11 is 0. The van der Waals surface area contributed by atoms with Crippen LogP contribution in [0.1, 0.15) is 6.92 Å². The Morgan fingerprint density at radius 1 is 0.613 bits per heavy atom. The third-order valence-electron chi connectivity index (χ3n) is 2.77. The lowest BCUT2D eigenvalue weighted by Gasteiger charge is -2.34. The Hall–Kier alpha value is -0.420. The van der Waals surface area contributed by atoms with Crippen LogP contribution in [0.15, 0.2) is 0 Å². The standard InChI is InChI=1S/C8H18O19P4/c1-3(9)4(24-28(11,12)13)5(25-29(14,15)16)6(26-30(17,18)19)7(8(10)23-2)27-31(20,21)22/h4-7H,1-2H3,(H2,11,12,13)(H2,14,15,16)(H2,17,18,19)(H2,20,21,22)/t4-,5+,6+,7-/m0/s1. The number of ether oxygens (including phenoxy) is 1. The average molecular weight is 542 g/mol. The van der Waals surface area contributed by atoms with Crippen molar-refractivity contribution < 1.29 is 89.8 Å². The summed E-state index contributed by atoms with van der Waals surface area (Å²) < 4.78 is 65.2. The summed E-state index contributed by atoms with van der Waals surface area (Å²) in [7, 11) is -22.6. The van der Waals surface area contributed by atoms with Crippen LogP contribution in [0.5, 0.6) is 0 Å². The van der Waals surface area contributed by atoms with Gasteiger partial charge in [-0.25, -0.2) is 23.1 Å². The van der Waals surface area contributed by atoms with Crippen molar-refractivity contribution in [1.29, 1.82) is 0 Å². The van der Waals surface area contributed by atoms with Crippen LogP contribution in [-0.2, 0) is 50.7 Å². The van der Waals surface area contributed by atoms with Crippen LogP contribution in [0.4, 0.5) is 0 Å². The number of carbonyl (C=O) groups is 2. The summed E-state index contributed by atoms with van der Waals surface area (Å²) in [6, 6.07) is 0. The maximum Gasteiger partial charge on any atom is 0.470 e. The second-order valence-corrected chi connectivity index (χ2v) is 10.1. The van der Waals surface area contributed by atoms with E-state index in [1.165, 1.54) is 0 Å². The minimum absolute atomic E-state index is 0.502. The van der Waals surface area contributed by atoms with E-state index >= 15 is 0 Å². The molecule has 23 heteroatoms. The largest absolute Gasteiger partial charge is 0.470 e. The first-order valence-electron chi connectivity index (χ1n) is 7.10. The smallest absolute Gasteiger partial charge is 0.467 e. The fourth-order valence-electron chi connectivity index (χ4n) is 1.91. The van der Waals surface area contributed by atoms with Crippen molar-refractivity contribution >= 4 is 43.0 Å². The number of Topliss-reactive ketones (excluding diaryl/α,β-unsaturated/α-hetero) is 1. The second-order valence-electron chi connectivity index (χ2n) is 5.29. The lowest BCUT2D eigenvalue weighted by molar-refractivity contribution is -0.164. The number of carbonyl (C=O) groups excluding carboxylic acids is 2. The maximum absolute atomic E-state index is 11.9. The minimum Gasteiger partial charge on any atom is -0.467 e. The summed E-state index contributed by atoms with van der Waals surface area (Å²) in [6.45, 7) is 0.502. The molecule has 31 heavy (non-hydrogen) atoms. The molecule has 0 spiro atoms. The predicted molar refractivity (Wildman–Crippen MR) is 90.4 cm³/mol. The maximum atomic E-state index is 11.9. The van der Waals surface area contributed by atoms with Crippen molar-refractivity contribution in [2.75, 3.05) is 7.11 Å². The number of esters is 1. The Bertz CT molecular complexity index is 828. The van der Waals surface area contributed by atoms with E-state index in [2.05, 4.69) is 22.8 Å². The molecule has 0 rings (SSSR count). The number of phosphoric ester groups is 4.